The topological polar surface area (TPSA) is 54.5 Å². The number of rotatable bonds is 6. The first-order valence-corrected chi connectivity index (χ1v) is 7.76. The number of nitrogens with zero attached hydrogens (tertiary/aromatic N) is 2. The van der Waals surface area contributed by atoms with Crippen LogP contribution in [0.1, 0.15) is 32.3 Å². The molecule has 0 saturated carbocycles. The molecule has 1 aliphatic heterocycles. The van der Waals surface area contributed by atoms with Crippen LogP contribution in [-0.2, 0) is 16.1 Å². The van der Waals surface area contributed by atoms with E-state index in [9.17, 15) is 4.79 Å². The lowest BCUT2D eigenvalue weighted by Crippen LogP contribution is -2.38. The Labute approximate surface area is 126 Å². The number of pyridine rings is 1. The minimum Gasteiger partial charge on any atom is -0.378 e. The minimum atomic E-state index is 0.0681. The molecule has 5 heteroatoms. The van der Waals surface area contributed by atoms with Crippen LogP contribution in [0, 0.1) is 5.92 Å². The summed E-state index contributed by atoms with van der Waals surface area (Å²) in [5, 5.41) is 3.03. The van der Waals surface area contributed by atoms with Crippen molar-refractivity contribution in [2.24, 2.45) is 5.92 Å². The number of anilines is 1. The van der Waals surface area contributed by atoms with Crippen molar-refractivity contribution in [3.63, 3.8) is 0 Å². The third kappa shape index (κ3) is 4.43. The molecule has 1 aromatic rings. The standard InChI is InChI=1S/C16H25N3O2/c1-3-5-13(2)16(20)18-12-14-6-4-7-17-15(14)19-8-10-21-11-9-19/h4,6-7,13H,3,5,8-12H2,1-2H3,(H,18,20)/t13-/m1/s1. The Morgan fingerprint density at radius 2 is 2.24 bits per heavy atom. The first-order chi connectivity index (χ1) is 10.2. The number of carbonyl (C=O) groups excluding carboxylic acids is 1. The van der Waals surface area contributed by atoms with Crippen molar-refractivity contribution in [2.45, 2.75) is 33.2 Å². The zero-order chi connectivity index (χ0) is 15.1. The van der Waals surface area contributed by atoms with Gasteiger partial charge in [-0.2, -0.15) is 0 Å². The van der Waals surface area contributed by atoms with Crippen molar-refractivity contribution < 1.29 is 9.53 Å². The molecule has 21 heavy (non-hydrogen) atoms. The van der Waals surface area contributed by atoms with E-state index in [-0.39, 0.29) is 11.8 Å². The first kappa shape index (κ1) is 15.8. The largest absolute Gasteiger partial charge is 0.378 e. The van der Waals surface area contributed by atoms with Crippen LogP contribution in [0.4, 0.5) is 5.82 Å². The smallest absolute Gasteiger partial charge is 0.223 e. The Morgan fingerprint density at radius 1 is 1.48 bits per heavy atom. The molecular formula is C16H25N3O2. The molecule has 0 bridgehead atoms. The van der Waals surface area contributed by atoms with Crippen molar-refractivity contribution in [3.05, 3.63) is 23.9 Å². The number of morpholine rings is 1. The van der Waals surface area contributed by atoms with Crippen molar-refractivity contribution in [2.75, 3.05) is 31.2 Å². The van der Waals surface area contributed by atoms with Gasteiger partial charge in [0.1, 0.15) is 5.82 Å². The van der Waals surface area contributed by atoms with Gasteiger partial charge in [0, 0.05) is 37.3 Å². The third-order valence-corrected chi connectivity index (χ3v) is 3.80. The van der Waals surface area contributed by atoms with E-state index in [0.717, 1.165) is 50.5 Å². The summed E-state index contributed by atoms with van der Waals surface area (Å²) in [7, 11) is 0. The lowest BCUT2D eigenvalue weighted by molar-refractivity contribution is -0.124. The molecule has 1 fully saturated rings. The van der Waals surface area contributed by atoms with Crippen LogP contribution in [0.2, 0.25) is 0 Å². The molecule has 1 aliphatic rings. The fourth-order valence-electron chi connectivity index (χ4n) is 2.55. The van der Waals surface area contributed by atoms with E-state index in [1.165, 1.54) is 0 Å². The fraction of sp³-hybridized carbons (Fsp3) is 0.625. The summed E-state index contributed by atoms with van der Waals surface area (Å²) >= 11 is 0. The van der Waals surface area contributed by atoms with Crippen LogP contribution in [0.15, 0.2) is 18.3 Å². The van der Waals surface area contributed by atoms with E-state index in [4.69, 9.17) is 4.74 Å². The number of ether oxygens (including phenoxy) is 1. The summed E-state index contributed by atoms with van der Waals surface area (Å²) in [5.74, 6) is 1.15. The third-order valence-electron chi connectivity index (χ3n) is 3.80. The number of amides is 1. The normalized spacial score (nSPS) is 16.6. The fourth-order valence-corrected chi connectivity index (χ4v) is 2.55. The summed E-state index contributed by atoms with van der Waals surface area (Å²) < 4.78 is 5.38. The summed E-state index contributed by atoms with van der Waals surface area (Å²) in [4.78, 5) is 18.7. The molecule has 1 saturated heterocycles. The summed E-state index contributed by atoms with van der Waals surface area (Å²) in [6.45, 7) is 7.78. The molecule has 0 aromatic carbocycles. The molecular weight excluding hydrogens is 266 g/mol. The van der Waals surface area contributed by atoms with E-state index in [2.05, 4.69) is 22.1 Å². The number of aromatic nitrogens is 1. The summed E-state index contributed by atoms with van der Waals surface area (Å²) in [6.07, 6.45) is 3.76. The van der Waals surface area contributed by atoms with E-state index in [1.807, 2.05) is 19.1 Å². The van der Waals surface area contributed by atoms with Crippen LogP contribution in [-0.4, -0.2) is 37.2 Å². The molecule has 5 nitrogen and oxygen atoms in total. The number of hydrogen-bond donors (Lipinski definition) is 1. The molecule has 1 aromatic heterocycles. The predicted molar refractivity (Wildman–Crippen MR) is 83.2 cm³/mol. The highest BCUT2D eigenvalue weighted by atomic mass is 16.5. The van der Waals surface area contributed by atoms with Gasteiger partial charge in [-0.3, -0.25) is 4.79 Å². The Balaban J connectivity index is 1.98. The van der Waals surface area contributed by atoms with Crippen molar-refractivity contribution in [3.8, 4) is 0 Å². The highest BCUT2D eigenvalue weighted by Gasteiger charge is 2.17. The number of hydrogen-bond acceptors (Lipinski definition) is 4. The van der Waals surface area contributed by atoms with Gasteiger partial charge < -0.3 is 15.0 Å². The van der Waals surface area contributed by atoms with Gasteiger partial charge in [-0.25, -0.2) is 4.98 Å². The van der Waals surface area contributed by atoms with Gasteiger partial charge >= 0.3 is 0 Å². The average molecular weight is 291 g/mol. The number of nitrogens with one attached hydrogen (secondary N) is 1. The van der Waals surface area contributed by atoms with Crippen LogP contribution >= 0.6 is 0 Å². The van der Waals surface area contributed by atoms with Crippen molar-refractivity contribution >= 4 is 11.7 Å². The van der Waals surface area contributed by atoms with Crippen molar-refractivity contribution in [1.29, 1.82) is 0 Å². The predicted octanol–water partition coefficient (Wildman–Crippen LogP) is 1.97. The second-order valence-electron chi connectivity index (χ2n) is 5.49. The SMILES string of the molecule is CCC[C@@H](C)C(=O)NCc1cccnc1N1CCOCC1. The lowest BCUT2D eigenvalue weighted by Gasteiger charge is -2.29. The maximum Gasteiger partial charge on any atom is 0.223 e. The van der Waals surface area contributed by atoms with Crippen LogP contribution in [0.25, 0.3) is 0 Å². The van der Waals surface area contributed by atoms with Gasteiger partial charge in [-0.1, -0.05) is 26.3 Å². The van der Waals surface area contributed by atoms with Crippen molar-refractivity contribution in [1.82, 2.24) is 10.3 Å². The molecule has 0 spiro atoms. The molecule has 2 rings (SSSR count). The Hall–Kier alpha value is -1.62. The maximum absolute atomic E-state index is 12.0. The first-order valence-electron chi connectivity index (χ1n) is 7.76. The average Bonchev–Trinajstić information content (AvgIpc) is 2.54. The quantitative estimate of drug-likeness (QED) is 0.870. The van der Waals surface area contributed by atoms with Crippen LogP contribution in [0.3, 0.4) is 0 Å². The molecule has 1 atom stereocenters. The molecule has 1 N–H and O–H groups in total. The highest BCUT2D eigenvalue weighted by molar-refractivity contribution is 5.78. The van der Waals surface area contributed by atoms with E-state index >= 15 is 0 Å². The van der Waals surface area contributed by atoms with Gasteiger partial charge in [-0.05, 0) is 12.5 Å². The van der Waals surface area contributed by atoms with Gasteiger partial charge in [0.25, 0.3) is 0 Å². The lowest BCUT2D eigenvalue weighted by atomic mass is 10.1. The Kier molecular flexibility index (Phi) is 5.99. The number of carbonyl (C=O) groups is 1. The monoisotopic (exact) mass is 291 g/mol. The molecule has 2 heterocycles. The Morgan fingerprint density at radius 3 is 2.95 bits per heavy atom. The molecule has 0 unspecified atom stereocenters. The molecule has 1 amide bonds. The maximum atomic E-state index is 12.0. The van der Waals surface area contributed by atoms with Crippen LogP contribution < -0.4 is 10.2 Å². The van der Waals surface area contributed by atoms with E-state index in [0.29, 0.717) is 6.54 Å². The zero-order valence-electron chi connectivity index (χ0n) is 13.0. The minimum absolute atomic E-state index is 0.0681. The van der Waals surface area contributed by atoms with E-state index in [1.54, 1.807) is 6.20 Å². The van der Waals surface area contributed by atoms with Gasteiger partial charge in [0.05, 0.1) is 13.2 Å². The van der Waals surface area contributed by atoms with Gasteiger partial charge in [0.15, 0.2) is 0 Å². The van der Waals surface area contributed by atoms with Gasteiger partial charge in [0.2, 0.25) is 5.91 Å². The molecule has 0 aliphatic carbocycles. The second kappa shape index (κ2) is 7.98. The highest BCUT2D eigenvalue weighted by Crippen LogP contribution is 2.18. The Bertz CT molecular complexity index is 459. The van der Waals surface area contributed by atoms with Gasteiger partial charge in [-0.15, -0.1) is 0 Å². The summed E-state index contributed by atoms with van der Waals surface area (Å²) in [5.41, 5.74) is 1.07. The molecule has 0 radical (unpaired) electrons. The summed E-state index contributed by atoms with van der Waals surface area (Å²) in [6, 6.07) is 3.95. The molecule has 116 valence electrons. The van der Waals surface area contributed by atoms with E-state index < -0.39 is 0 Å². The second-order valence-corrected chi connectivity index (χ2v) is 5.49. The van der Waals surface area contributed by atoms with Crippen LogP contribution in [0.5, 0.6) is 0 Å². The zero-order valence-corrected chi connectivity index (χ0v) is 13.0.